The Balaban J connectivity index is 2.12. The lowest BCUT2D eigenvalue weighted by Gasteiger charge is -2.28. The molecule has 5 N–H and O–H groups in total. The van der Waals surface area contributed by atoms with Crippen LogP contribution >= 0.6 is 0 Å². The van der Waals surface area contributed by atoms with Gasteiger partial charge >= 0.3 is 0 Å². The van der Waals surface area contributed by atoms with Gasteiger partial charge in [-0.2, -0.15) is 9.97 Å². The molecule has 1 aliphatic carbocycles. The van der Waals surface area contributed by atoms with Crippen LogP contribution in [0.4, 0.5) is 17.6 Å². The van der Waals surface area contributed by atoms with Crippen LogP contribution in [-0.2, 0) is 0 Å². The van der Waals surface area contributed by atoms with Crippen molar-refractivity contribution in [1.82, 2.24) is 9.97 Å². The molecule has 1 fully saturated rings. The molecule has 0 atom stereocenters. The number of nitrogens with two attached hydrogens (primary N) is 1. The summed E-state index contributed by atoms with van der Waals surface area (Å²) in [4.78, 5) is 8.35. The van der Waals surface area contributed by atoms with E-state index in [0.717, 1.165) is 44.5 Å². The number of nitrogens with zero attached hydrogens (tertiary/aromatic N) is 2. The van der Waals surface area contributed by atoms with Crippen LogP contribution in [0, 0.1) is 0 Å². The molecule has 0 unspecified atom stereocenters. The van der Waals surface area contributed by atoms with Gasteiger partial charge in [0, 0.05) is 12.6 Å². The smallest absolute Gasteiger partial charge is 0.223 e. The third kappa shape index (κ3) is 3.47. The summed E-state index contributed by atoms with van der Waals surface area (Å²) in [6.45, 7) is 3.06. The van der Waals surface area contributed by atoms with E-state index < -0.39 is 0 Å². The van der Waals surface area contributed by atoms with Gasteiger partial charge in [0.2, 0.25) is 5.95 Å². The Labute approximate surface area is 113 Å². The number of aliphatic hydroxyl groups excluding tert-OH is 1. The highest BCUT2D eigenvalue weighted by molar-refractivity contribution is 5.52. The summed E-state index contributed by atoms with van der Waals surface area (Å²) in [5, 5.41) is 16.1. The number of aromatic nitrogens is 2. The molecule has 1 aromatic heterocycles. The molecular formula is C13H23N5O. The molecule has 0 bridgehead atoms. The predicted octanol–water partition coefficient (Wildman–Crippen LogP) is 1.60. The van der Waals surface area contributed by atoms with Crippen LogP contribution in [0.25, 0.3) is 0 Å². The maximum atomic E-state index is 9.61. The van der Waals surface area contributed by atoms with Crippen molar-refractivity contribution in [3.8, 4) is 0 Å². The van der Waals surface area contributed by atoms with Gasteiger partial charge in [-0.05, 0) is 19.3 Å². The molecule has 1 aliphatic rings. The monoisotopic (exact) mass is 265 g/mol. The first-order valence-electron chi connectivity index (χ1n) is 6.95. The van der Waals surface area contributed by atoms with Crippen molar-refractivity contribution >= 4 is 17.6 Å². The largest absolute Gasteiger partial charge is 0.394 e. The lowest BCUT2D eigenvalue weighted by molar-refractivity contribution is 0.214. The highest BCUT2D eigenvalue weighted by atomic mass is 16.3. The molecule has 0 spiro atoms. The first-order chi connectivity index (χ1) is 9.17. The molecule has 6 heteroatoms. The van der Waals surface area contributed by atoms with Gasteiger partial charge in [-0.25, -0.2) is 0 Å². The normalized spacial score (nSPS) is 17.4. The summed E-state index contributed by atoms with van der Waals surface area (Å²) in [5.74, 6) is 1.65. The van der Waals surface area contributed by atoms with Crippen molar-refractivity contribution in [2.24, 2.45) is 0 Å². The number of aliphatic hydroxyl groups is 1. The van der Waals surface area contributed by atoms with Gasteiger partial charge in [0.15, 0.2) is 0 Å². The topological polar surface area (TPSA) is 96.1 Å². The van der Waals surface area contributed by atoms with Crippen LogP contribution in [0.1, 0.15) is 39.0 Å². The van der Waals surface area contributed by atoms with Gasteiger partial charge in [-0.15, -0.1) is 0 Å². The molecule has 2 rings (SSSR count). The van der Waals surface area contributed by atoms with E-state index in [4.69, 9.17) is 5.73 Å². The Kier molecular flexibility index (Phi) is 4.42. The molecule has 0 radical (unpaired) electrons. The number of nitrogen functional groups attached to an aromatic ring is 1. The summed E-state index contributed by atoms with van der Waals surface area (Å²) in [6.07, 6.45) is 5.22. The van der Waals surface area contributed by atoms with Crippen LogP contribution in [0.3, 0.4) is 0 Å². The first-order valence-corrected chi connectivity index (χ1v) is 6.95. The van der Waals surface area contributed by atoms with E-state index in [0.29, 0.717) is 5.82 Å². The zero-order chi connectivity index (χ0) is 13.7. The van der Waals surface area contributed by atoms with E-state index in [9.17, 15) is 5.11 Å². The third-order valence-electron chi connectivity index (χ3n) is 3.56. The molecular weight excluding hydrogens is 242 g/mol. The molecule has 1 heterocycles. The summed E-state index contributed by atoms with van der Waals surface area (Å²) in [5.41, 5.74) is 5.48. The fourth-order valence-corrected chi connectivity index (χ4v) is 2.52. The molecule has 6 nitrogen and oxygen atoms in total. The average Bonchev–Trinajstić information content (AvgIpc) is 2.85. The maximum absolute atomic E-state index is 9.61. The van der Waals surface area contributed by atoms with Crippen LogP contribution in [-0.4, -0.2) is 33.8 Å². The second-order valence-electron chi connectivity index (χ2n) is 5.19. The lowest BCUT2D eigenvalue weighted by Crippen LogP contribution is -2.39. The van der Waals surface area contributed by atoms with Crippen LogP contribution in [0.2, 0.25) is 0 Å². The molecule has 0 aromatic carbocycles. The minimum absolute atomic E-state index is 0.120. The van der Waals surface area contributed by atoms with E-state index in [2.05, 4.69) is 27.5 Å². The molecule has 106 valence electrons. The fraction of sp³-hybridized carbons (Fsp3) is 0.692. The summed E-state index contributed by atoms with van der Waals surface area (Å²) >= 11 is 0. The Morgan fingerprint density at radius 2 is 2.00 bits per heavy atom. The van der Waals surface area contributed by atoms with E-state index in [1.165, 1.54) is 0 Å². The van der Waals surface area contributed by atoms with Crippen LogP contribution in [0.15, 0.2) is 6.07 Å². The Hall–Kier alpha value is -1.56. The zero-order valence-corrected chi connectivity index (χ0v) is 11.4. The number of hydrogen-bond acceptors (Lipinski definition) is 6. The Bertz CT molecular complexity index is 417. The molecule has 0 amide bonds. The van der Waals surface area contributed by atoms with Gasteiger partial charge < -0.3 is 21.5 Å². The molecule has 1 saturated carbocycles. The molecule has 0 saturated heterocycles. The highest BCUT2D eigenvalue weighted by Gasteiger charge is 2.33. The van der Waals surface area contributed by atoms with E-state index in [-0.39, 0.29) is 18.1 Å². The standard InChI is InChI=1S/C13H23N5O/c1-2-7-15-10-8-11(17-12(14)16-10)18-13(9-19)5-3-4-6-13/h8,19H,2-7,9H2,1H3,(H4,14,15,16,17,18). The van der Waals surface area contributed by atoms with E-state index >= 15 is 0 Å². The van der Waals surface area contributed by atoms with Gasteiger partial charge in [0.25, 0.3) is 0 Å². The first kappa shape index (κ1) is 13.9. The SMILES string of the molecule is CCCNc1cc(NC2(CO)CCCC2)nc(N)n1. The summed E-state index contributed by atoms with van der Waals surface area (Å²) in [6, 6.07) is 1.85. The molecule has 0 aliphatic heterocycles. The fourth-order valence-electron chi connectivity index (χ4n) is 2.52. The van der Waals surface area contributed by atoms with Crippen LogP contribution < -0.4 is 16.4 Å². The summed E-state index contributed by atoms with van der Waals surface area (Å²) < 4.78 is 0. The maximum Gasteiger partial charge on any atom is 0.223 e. The predicted molar refractivity (Wildman–Crippen MR) is 77.1 cm³/mol. The van der Waals surface area contributed by atoms with Crippen molar-refractivity contribution in [1.29, 1.82) is 0 Å². The molecule has 1 aromatic rings. The number of rotatable bonds is 6. The highest BCUT2D eigenvalue weighted by Crippen LogP contribution is 2.32. The summed E-state index contributed by atoms with van der Waals surface area (Å²) in [7, 11) is 0. The van der Waals surface area contributed by atoms with Crippen molar-refractivity contribution < 1.29 is 5.11 Å². The van der Waals surface area contributed by atoms with Gasteiger partial charge in [-0.1, -0.05) is 19.8 Å². The number of nitrogens with one attached hydrogen (secondary N) is 2. The zero-order valence-electron chi connectivity index (χ0n) is 11.4. The lowest BCUT2D eigenvalue weighted by atomic mass is 9.99. The third-order valence-corrected chi connectivity index (χ3v) is 3.56. The minimum Gasteiger partial charge on any atom is -0.394 e. The van der Waals surface area contributed by atoms with Gasteiger partial charge in [0.05, 0.1) is 12.1 Å². The van der Waals surface area contributed by atoms with Crippen molar-refractivity contribution in [3.63, 3.8) is 0 Å². The number of hydrogen-bond donors (Lipinski definition) is 4. The Morgan fingerprint density at radius 3 is 2.63 bits per heavy atom. The second kappa shape index (κ2) is 6.06. The van der Waals surface area contributed by atoms with Crippen molar-refractivity contribution in [2.45, 2.75) is 44.6 Å². The second-order valence-corrected chi connectivity index (χ2v) is 5.19. The molecule has 19 heavy (non-hydrogen) atoms. The Morgan fingerprint density at radius 1 is 1.32 bits per heavy atom. The van der Waals surface area contributed by atoms with E-state index in [1.807, 2.05) is 6.07 Å². The van der Waals surface area contributed by atoms with E-state index in [1.54, 1.807) is 0 Å². The minimum atomic E-state index is -0.247. The average molecular weight is 265 g/mol. The quantitative estimate of drug-likeness (QED) is 0.624. The van der Waals surface area contributed by atoms with Crippen molar-refractivity contribution in [2.75, 3.05) is 29.5 Å². The van der Waals surface area contributed by atoms with Gasteiger partial charge in [-0.3, -0.25) is 0 Å². The van der Waals surface area contributed by atoms with Gasteiger partial charge in [0.1, 0.15) is 11.6 Å². The van der Waals surface area contributed by atoms with Crippen molar-refractivity contribution in [3.05, 3.63) is 6.07 Å². The van der Waals surface area contributed by atoms with Crippen LogP contribution in [0.5, 0.6) is 0 Å². The number of anilines is 3.